The minimum Gasteiger partial charge on any atom is -0.312 e. The van der Waals surface area contributed by atoms with Crippen LogP contribution in [0.3, 0.4) is 0 Å². The zero-order valence-corrected chi connectivity index (χ0v) is 12.2. The summed E-state index contributed by atoms with van der Waals surface area (Å²) in [5.41, 5.74) is 0. The van der Waals surface area contributed by atoms with E-state index in [0.717, 1.165) is 5.92 Å². The van der Waals surface area contributed by atoms with Crippen LogP contribution in [0.4, 0.5) is 0 Å². The Kier molecular flexibility index (Phi) is 4.86. The number of thiophene rings is 1. The topological polar surface area (TPSA) is 12.0 Å². The summed E-state index contributed by atoms with van der Waals surface area (Å²) < 4.78 is 1.22. The minimum atomic E-state index is 0.564. The summed E-state index contributed by atoms with van der Waals surface area (Å²) in [5, 5.41) is 5.71. The Morgan fingerprint density at radius 3 is 2.50 bits per heavy atom. The smallest absolute Gasteiger partial charge is 0.0441 e. The molecule has 1 aromatic heterocycles. The van der Waals surface area contributed by atoms with Crippen molar-refractivity contribution in [1.82, 2.24) is 5.32 Å². The predicted octanol–water partition coefficient (Wildman–Crippen LogP) is 4.74. The SMILES string of the molecule is CNC(c1cc(Br)cs1)C1CCCCCC1. The molecule has 1 unspecified atom stereocenters. The first kappa shape index (κ1) is 12.6. The first-order valence-electron chi connectivity index (χ1n) is 6.22. The van der Waals surface area contributed by atoms with Crippen molar-refractivity contribution in [3.8, 4) is 0 Å². The van der Waals surface area contributed by atoms with Gasteiger partial charge in [-0.15, -0.1) is 11.3 Å². The van der Waals surface area contributed by atoms with Crippen LogP contribution < -0.4 is 5.32 Å². The van der Waals surface area contributed by atoms with Crippen LogP contribution in [0.1, 0.15) is 49.4 Å². The van der Waals surface area contributed by atoms with Crippen LogP contribution >= 0.6 is 27.3 Å². The summed E-state index contributed by atoms with van der Waals surface area (Å²) in [7, 11) is 2.10. The van der Waals surface area contributed by atoms with Crippen LogP contribution in [0.25, 0.3) is 0 Å². The highest BCUT2D eigenvalue weighted by Gasteiger charge is 2.23. The van der Waals surface area contributed by atoms with Gasteiger partial charge in [0.05, 0.1) is 0 Å². The number of nitrogens with one attached hydrogen (secondary N) is 1. The van der Waals surface area contributed by atoms with E-state index in [1.54, 1.807) is 0 Å². The van der Waals surface area contributed by atoms with Crippen LogP contribution in [0.15, 0.2) is 15.9 Å². The van der Waals surface area contributed by atoms with Crippen LogP contribution in [0, 0.1) is 5.92 Å². The van der Waals surface area contributed by atoms with Crippen molar-refractivity contribution in [2.75, 3.05) is 7.05 Å². The first-order valence-corrected chi connectivity index (χ1v) is 7.89. The van der Waals surface area contributed by atoms with Crippen LogP contribution in [0.2, 0.25) is 0 Å². The molecule has 1 aliphatic carbocycles. The maximum atomic E-state index is 3.55. The third-order valence-corrected chi connectivity index (χ3v) is 5.35. The summed E-state index contributed by atoms with van der Waals surface area (Å²) in [6.45, 7) is 0. The summed E-state index contributed by atoms with van der Waals surface area (Å²) in [6.07, 6.45) is 8.47. The molecule has 0 saturated heterocycles. The lowest BCUT2D eigenvalue weighted by atomic mass is 9.91. The fourth-order valence-corrected chi connectivity index (χ4v) is 4.39. The average molecular weight is 302 g/mol. The Morgan fingerprint density at radius 2 is 2.00 bits per heavy atom. The van der Waals surface area contributed by atoms with E-state index in [2.05, 4.69) is 39.7 Å². The molecule has 1 heterocycles. The van der Waals surface area contributed by atoms with Crippen molar-refractivity contribution in [3.63, 3.8) is 0 Å². The second kappa shape index (κ2) is 6.18. The van der Waals surface area contributed by atoms with Gasteiger partial charge in [-0.05, 0) is 47.8 Å². The molecule has 0 bridgehead atoms. The monoisotopic (exact) mass is 301 g/mol. The molecule has 1 aliphatic rings. The zero-order valence-electron chi connectivity index (χ0n) is 9.84. The molecule has 0 amide bonds. The van der Waals surface area contributed by atoms with Gasteiger partial charge in [-0.3, -0.25) is 0 Å². The lowest BCUT2D eigenvalue weighted by Crippen LogP contribution is -2.24. The van der Waals surface area contributed by atoms with Crippen LogP contribution in [-0.2, 0) is 0 Å². The summed E-state index contributed by atoms with van der Waals surface area (Å²) in [4.78, 5) is 1.49. The van der Waals surface area contributed by atoms with Gasteiger partial charge in [-0.25, -0.2) is 0 Å². The third-order valence-electron chi connectivity index (χ3n) is 3.58. The third kappa shape index (κ3) is 3.08. The van der Waals surface area contributed by atoms with Gasteiger partial charge < -0.3 is 5.32 Å². The van der Waals surface area contributed by atoms with E-state index >= 15 is 0 Å². The zero-order chi connectivity index (χ0) is 11.4. The molecule has 0 aromatic carbocycles. The molecule has 90 valence electrons. The molecule has 1 saturated carbocycles. The Bertz CT molecular complexity index is 315. The Balaban J connectivity index is 2.08. The van der Waals surface area contributed by atoms with E-state index in [1.165, 1.54) is 47.9 Å². The fourth-order valence-electron chi connectivity index (χ4n) is 2.75. The molecule has 1 fully saturated rings. The van der Waals surface area contributed by atoms with Crippen molar-refractivity contribution in [2.24, 2.45) is 5.92 Å². The van der Waals surface area contributed by atoms with E-state index in [1.807, 2.05) is 11.3 Å². The van der Waals surface area contributed by atoms with Crippen molar-refractivity contribution in [1.29, 1.82) is 0 Å². The quantitative estimate of drug-likeness (QED) is 0.795. The molecule has 1 aromatic rings. The van der Waals surface area contributed by atoms with E-state index in [0.29, 0.717) is 6.04 Å². The number of rotatable bonds is 3. The molecular formula is C13H20BrNS. The maximum Gasteiger partial charge on any atom is 0.0441 e. The Morgan fingerprint density at radius 1 is 1.31 bits per heavy atom. The van der Waals surface area contributed by atoms with E-state index < -0.39 is 0 Å². The molecule has 1 nitrogen and oxygen atoms in total. The molecule has 2 rings (SSSR count). The lowest BCUT2D eigenvalue weighted by Gasteiger charge is -2.24. The summed E-state index contributed by atoms with van der Waals surface area (Å²) in [6, 6.07) is 2.84. The predicted molar refractivity (Wildman–Crippen MR) is 75.0 cm³/mol. The standard InChI is InChI=1S/C13H20BrNS/c1-15-13(12-8-11(14)9-16-12)10-6-4-2-3-5-7-10/h8-10,13,15H,2-7H2,1H3. The normalized spacial score (nSPS) is 20.6. The van der Waals surface area contributed by atoms with Crippen molar-refractivity contribution in [3.05, 3.63) is 20.8 Å². The minimum absolute atomic E-state index is 0.564. The number of halogens is 1. The van der Waals surface area contributed by atoms with Gasteiger partial charge in [0.2, 0.25) is 0 Å². The molecule has 1 N–H and O–H groups in total. The second-order valence-electron chi connectivity index (χ2n) is 4.69. The van der Waals surface area contributed by atoms with Gasteiger partial charge in [-0.2, -0.15) is 0 Å². The van der Waals surface area contributed by atoms with Crippen LogP contribution in [0.5, 0.6) is 0 Å². The van der Waals surface area contributed by atoms with E-state index in [-0.39, 0.29) is 0 Å². The maximum absolute atomic E-state index is 3.55. The Labute approximate surface area is 111 Å². The highest BCUT2D eigenvalue weighted by Crippen LogP contribution is 2.36. The van der Waals surface area contributed by atoms with Crippen molar-refractivity contribution in [2.45, 2.75) is 44.6 Å². The Hall–Kier alpha value is 0.140. The summed E-state index contributed by atoms with van der Waals surface area (Å²) in [5.74, 6) is 0.832. The molecular weight excluding hydrogens is 282 g/mol. The second-order valence-corrected chi connectivity index (χ2v) is 6.54. The van der Waals surface area contributed by atoms with E-state index in [9.17, 15) is 0 Å². The largest absolute Gasteiger partial charge is 0.312 e. The number of hydrogen-bond acceptors (Lipinski definition) is 2. The van der Waals surface area contributed by atoms with E-state index in [4.69, 9.17) is 0 Å². The molecule has 0 radical (unpaired) electrons. The van der Waals surface area contributed by atoms with Gasteiger partial charge in [0.15, 0.2) is 0 Å². The molecule has 1 atom stereocenters. The average Bonchev–Trinajstić information content (AvgIpc) is 2.55. The highest BCUT2D eigenvalue weighted by molar-refractivity contribution is 9.10. The molecule has 3 heteroatoms. The van der Waals surface area contributed by atoms with Gasteiger partial charge in [0.25, 0.3) is 0 Å². The molecule has 16 heavy (non-hydrogen) atoms. The molecule has 0 aliphatic heterocycles. The van der Waals surface area contributed by atoms with Gasteiger partial charge in [0.1, 0.15) is 0 Å². The fraction of sp³-hybridized carbons (Fsp3) is 0.692. The van der Waals surface area contributed by atoms with Crippen molar-refractivity contribution < 1.29 is 0 Å². The van der Waals surface area contributed by atoms with Gasteiger partial charge in [-0.1, -0.05) is 25.7 Å². The lowest BCUT2D eigenvalue weighted by molar-refractivity contribution is 0.346. The van der Waals surface area contributed by atoms with Gasteiger partial charge >= 0.3 is 0 Å². The number of hydrogen-bond donors (Lipinski definition) is 1. The van der Waals surface area contributed by atoms with Crippen LogP contribution in [-0.4, -0.2) is 7.05 Å². The molecule has 0 spiro atoms. The first-order chi connectivity index (χ1) is 7.81. The van der Waals surface area contributed by atoms with Crippen molar-refractivity contribution >= 4 is 27.3 Å². The van der Waals surface area contributed by atoms with Gasteiger partial charge in [0, 0.05) is 20.8 Å². The highest BCUT2D eigenvalue weighted by atomic mass is 79.9. The summed E-state index contributed by atoms with van der Waals surface area (Å²) >= 11 is 5.43.